The van der Waals surface area contributed by atoms with Crippen molar-refractivity contribution >= 4 is 39.2 Å². The number of aliphatic hydroxyl groups is 1. The van der Waals surface area contributed by atoms with Gasteiger partial charge in [-0.25, -0.2) is 27.5 Å². The molecular weight excluding hydrogens is 1140 g/mol. The summed E-state index contributed by atoms with van der Waals surface area (Å²) in [6, 6.07) is 15.6. The summed E-state index contributed by atoms with van der Waals surface area (Å²) >= 11 is 0. The lowest BCUT2D eigenvalue weighted by Gasteiger charge is -2.27. The van der Waals surface area contributed by atoms with Gasteiger partial charge in [0.2, 0.25) is 11.8 Å². The predicted molar refractivity (Wildman–Crippen MR) is 289 cm³/mol. The van der Waals surface area contributed by atoms with E-state index in [2.05, 4.69) is 10.2 Å². The smallest absolute Gasteiger partial charge is 0.459 e. The average Bonchev–Trinajstić information content (AvgIpc) is 2.96. The van der Waals surface area contributed by atoms with Gasteiger partial charge in [0.15, 0.2) is 23.8 Å². The summed E-state index contributed by atoms with van der Waals surface area (Å²) in [5, 5.41) is 15.8. The van der Waals surface area contributed by atoms with Gasteiger partial charge < -0.3 is 37.8 Å². The number of esters is 2. The van der Waals surface area contributed by atoms with Gasteiger partial charge in [0.25, 0.3) is 11.1 Å². The summed E-state index contributed by atoms with van der Waals surface area (Å²) in [7, 11) is -7.47. The van der Waals surface area contributed by atoms with Gasteiger partial charge in [0.1, 0.15) is 48.0 Å². The zero-order valence-corrected chi connectivity index (χ0v) is 47.8. The van der Waals surface area contributed by atoms with Gasteiger partial charge in [-0.15, -0.1) is 0 Å². The Labute approximate surface area is 473 Å². The zero-order chi connectivity index (χ0) is 60.3. The van der Waals surface area contributed by atoms with Gasteiger partial charge in [-0.05, 0) is 77.6 Å². The molecule has 6 unspecified atom stereocenters. The number of cyclic esters (lactones) is 2. The topological polar surface area (TPSA) is 318 Å². The molecule has 0 saturated carbocycles. The van der Waals surface area contributed by atoms with Crippen molar-refractivity contribution in [3.05, 3.63) is 139 Å². The fourth-order valence-electron chi connectivity index (χ4n) is 9.26. The lowest BCUT2D eigenvalue weighted by molar-refractivity contribution is -0.146. The Bertz CT molecular complexity index is 3320. The average molecular weight is 1210 g/mol. The highest BCUT2D eigenvalue weighted by Crippen LogP contribution is 2.49. The molecule has 452 valence electrons. The van der Waals surface area contributed by atoms with Crippen LogP contribution in [-0.2, 0) is 51.5 Å². The second kappa shape index (κ2) is 27.9. The number of aliphatic hydroxyl groups excluding tert-OH is 1. The molecule has 0 radical (unpaired) electrons. The van der Waals surface area contributed by atoms with Crippen LogP contribution in [-0.4, -0.2) is 129 Å². The molecule has 2 aromatic carbocycles. The first-order valence-electron chi connectivity index (χ1n) is 26.6. The Kier molecular flexibility index (Phi) is 21.5. The van der Waals surface area contributed by atoms with Crippen LogP contribution in [0.25, 0.3) is 0 Å². The number of nitrogens with zero attached hydrogens (tertiary/aromatic N) is 4. The summed E-state index contributed by atoms with van der Waals surface area (Å²) in [6.07, 6.45) is -1.87. The summed E-state index contributed by atoms with van der Waals surface area (Å²) in [6.45, 7) is 3.73. The van der Waals surface area contributed by atoms with Crippen molar-refractivity contribution in [2.75, 3.05) is 33.5 Å². The van der Waals surface area contributed by atoms with Crippen LogP contribution >= 0.6 is 15.5 Å². The van der Waals surface area contributed by atoms with Crippen LogP contribution in [0.2, 0.25) is 0 Å². The maximum absolute atomic E-state index is 16.2. The number of fused-ring (bicyclic) bond motifs is 10. The number of methoxy groups -OCH3 is 1. The van der Waals surface area contributed by atoms with Gasteiger partial charge in [-0.1, -0.05) is 61.4 Å². The van der Waals surface area contributed by atoms with Crippen LogP contribution in [0, 0.1) is 0 Å². The summed E-state index contributed by atoms with van der Waals surface area (Å²) in [5.74, 6) is -2.71. The van der Waals surface area contributed by atoms with E-state index in [1.165, 1.54) is 45.2 Å². The van der Waals surface area contributed by atoms with E-state index in [0.717, 1.165) is 47.5 Å². The van der Waals surface area contributed by atoms with Crippen LogP contribution in [0.4, 0.5) is 8.78 Å². The first kappa shape index (κ1) is 64.0. The zero-order valence-electron chi connectivity index (χ0n) is 46.0. The van der Waals surface area contributed by atoms with E-state index < -0.39 is 135 Å². The number of aromatic nitrogens is 4. The maximum atomic E-state index is 16.2. The minimum Gasteiger partial charge on any atom is -0.465 e. The molecular formula is C53H66F2N6O20P2. The number of benzene rings is 2. The molecule has 0 spiro atoms. The molecule has 2 saturated heterocycles. The van der Waals surface area contributed by atoms with E-state index >= 15 is 8.78 Å². The van der Waals surface area contributed by atoms with Crippen molar-refractivity contribution in [2.24, 2.45) is 0 Å². The number of carbonyl (C=O) groups excluding carboxylic acids is 4. The lowest BCUT2D eigenvalue weighted by Crippen LogP contribution is -2.48. The third-order valence-corrected chi connectivity index (χ3v) is 16.9. The van der Waals surface area contributed by atoms with Crippen LogP contribution in [0.3, 0.4) is 0 Å². The first-order valence-corrected chi connectivity index (χ1v) is 29.6. The minimum atomic E-state index is -4.36. The summed E-state index contributed by atoms with van der Waals surface area (Å²) in [5.41, 5.74) is -8.95. The molecule has 2 fully saturated rings. The van der Waals surface area contributed by atoms with Crippen molar-refractivity contribution in [1.29, 1.82) is 0 Å². The molecule has 30 heteroatoms. The lowest BCUT2D eigenvalue weighted by atomic mass is 9.98. The molecule has 6 heterocycles. The van der Waals surface area contributed by atoms with Gasteiger partial charge >= 0.3 is 38.8 Å². The van der Waals surface area contributed by atoms with Gasteiger partial charge in [0, 0.05) is 44.5 Å². The van der Waals surface area contributed by atoms with E-state index in [0.29, 0.717) is 41.2 Å². The molecule has 8 rings (SSSR count). The predicted octanol–water partition coefficient (Wildman–Crippen LogP) is 5.08. The first-order chi connectivity index (χ1) is 39.4. The summed E-state index contributed by atoms with van der Waals surface area (Å²) in [4.78, 5) is 102. The molecule has 26 nitrogen and oxygen atoms in total. The van der Waals surface area contributed by atoms with Crippen molar-refractivity contribution in [1.82, 2.24) is 28.4 Å². The molecule has 83 heavy (non-hydrogen) atoms. The summed E-state index contributed by atoms with van der Waals surface area (Å²) < 4.78 is 112. The SMILES string of the molecule is CO[C@@H]1C2COP(=O)(Oc3ccccc3)N[C@@H](C)C(=O)OCCC=CCCC(=O)n3c(=O)ccn(c3=O)C(O2)[C@]1(C)F.C[C@@H]1NP(=O)(Oc2ccccc2)OCC2OC(n3ccc(=O)n(c3=O)C(=O)CCCCCCOC1=O)[C@](C)(F)[C@@H]2O. The molecule has 2 aromatic heterocycles. The highest BCUT2D eigenvalue weighted by molar-refractivity contribution is 7.52. The molecule has 8 bridgehead atoms. The molecule has 4 aliphatic heterocycles. The Hall–Kier alpha value is -6.58. The number of rotatable bonds is 5. The highest BCUT2D eigenvalue weighted by Gasteiger charge is 2.58. The standard InChI is InChI=1S/C27H33FN3O10P.C26H33FN3O10P/c1-18-24(34)38-16-10-5-4-9-13-21(32)31-22(33)14-15-30(26(31)35)25-27(2,28)23(37-3)20(40-25)17-39-42(36,29-18)41-19-11-7-6-8-12-19;1-17-23(34)37-15-9-4-3-8-12-20(31)30-21(32)13-14-29(25(30)35)24-26(2,27)22(33)19(39-24)16-38-41(36,28-17)40-18-10-6-5-7-11-18/h4-8,11-12,14-15,18,20,23,25H,9-10,13,16-17H2,1-3H3,(H,29,36);5-7,10-11,13-14,17,19,22,24,33H,3-4,8-9,12,15-16H2,1-2H3,(H,28,36)/t18-,20?,23+,25?,27+,42?;17-,19?,22+,24?,26+,41?/m00/s1. The van der Waals surface area contributed by atoms with Gasteiger partial charge in [-0.2, -0.15) is 19.3 Å². The quantitative estimate of drug-likeness (QED) is 0.133. The van der Waals surface area contributed by atoms with Crippen molar-refractivity contribution in [2.45, 2.75) is 139 Å². The minimum absolute atomic E-state index is 0.00917. The number of para-hydroxylation sites is 2. The van der Waals surface area contributed by atoms with E-state index in [4.69, 9.17) is 41.8 Å². The van der Waals surface area contributed by atoms with Gasteiger partial charge in [-0.3, -0.25) is 46.9 Å². The molecule has 0 amide bonds. The number of hydrogen-bond acceptors (Lipinski definition) is 20. The molecule has 4 aromatic rings. The number of ether oxygens (including phenoxy) is 5. The third-order valence-electron chi connectivity index (χ3n) is 13.6. The van der Waals surface area contributed by atoms with Crippen LogP contribution in [0.1, 0.15) is 101 Å². The fraction of sp³-hybridized carbons (Fsp3) is 0.509. The third kappa shape index (κ3) is 15.6. The molecule has 3 N–H and O–H groups in total. The van der Waals surface area contributed by atoms with E-state index in [-0.39, 0.29) is 44.0 Å². The van der Waals surface area contributed by atoms with E-state index in [1.54, 1.807) is 48.6 Å². The van der Waals surface area contributed by atoms with Crippen LogP contribution in [0.5, 0.6) is 11.5 Å². The number of halogens is 2. The van der Waals surface area contributed by atoms with Crippen LogP contribution < -0.4 is 41.7 Å². The number of hydrogen-bond donors (Lipinski definition) is 3. The van der Waals surface area contributed by atoms with Crippen molar-refractivity contribution < 1.29 is 84.0 Å². The van der Waals surface area contributed by atoms with Crippen LogP contribution in [0.15, 0.2) is 117 Å². The second-order valence-corrected chi connectivity index (χ2v) is 23.4. The maximum Gasteiger partial charge on any atom is 0.459 e. The molecule has 4 aliphatic rings. The Morgan fingerprint density at radius 2 is 1.06 bits per heavy atom. The molecule has 0 aliphatic carbocycles. The second-order valence-electron chi connectivity index (χ2n) is 20.0. The Balaban J connectivity index is 0.000000239. The largest absolute Gasteiger partial charge is 0.465 e. The van der Waals surface area contributed by atoms with Crippen molar-refractivity contribution in [3.63, 3.8) is 0 Å². The fourth-order valence-corrected chi connectivity index (χ4v) is 12.3. The normalized spacial score (nSPS) is 31.8. The Morgan fingerprint density at radius 3 is 1.59 bits per heavy atom. The number of nitrogens with one attached hydrogen (secondary N) is 2. The number of allylic oxidation sites excluding steroid dienone is 1. The van der Waals surface area contributed by atoms with E-state index in [9.17, 15) is 52.6 Å². The number of alkyl halides is 2. The van der Waals surface area contributed by atoms with Crippen molar-refractivity contribution in [3.8, 4) is 11.5 Å². The molecule has 12 atom stereocenters. The highest BCUT2D eigenvalue weighted by atomic mass is 31.2. The number of carbonyl (C=O) groups is 4. The van der Waals surface area contributed by atoms with Gasteiger partial charge in [0.05, 0.1) is 26.4 Å². The van der Waals surface area contributed by atoms with E-state index in [1.807, 2.05) is 0 Å². The monoisotopic (exact) mass is 1210 g/mol. The Morgan fingerprint density at radius 1 is 0.602 bits per heavy atom.